The molecule has 0 unspecified atom stereocenters. The number of methoxy groups -OCH3 is 3. The third kappa shape index (κ3) is 32.9. The van der Waals surface area contributed by atoms with Crippen molar-refractivity contribution >= 4 is 52.9 Å². The smallest absolute Gasteiger partial charge is 1.00 e. The van der Waals surface area contributed by atoms with Gasteiger partial charge in [0, 0.05) is 11.1 Å². The van der Waals surface area contributed by atoms with E-state index in [0.717, 1.165) is 23.0 Å². The van der Waals surface area contributed by atoms with Crippen molar-refractivity contribution < 1.29 is 222 Å². The van der Waals surface area contributed by atoms with Gasteiger partial charge in [0.25, 0.3) is 16.6 Å². The minimum Gasteiger partial charge on any atom is -1.00 e. The molecule has 4 rings (SSSR count). The first-order valence-electron chi connectivity index (χ1n) is 22.4. The zero-order valence-electron chi connectivity index (χ0n) is 48.1. The van der Waals surface area contributed by atoms with Crippen LogP contribution in [0.5, 0.6) is 23.0 Å². The number of aromatic hydroxyl groups is 1. The predicted molar refractivity (Wildman–Crippen MR) is 226 cm³/mol. The molecule has 4 aromatic carbocycles. The molecule has 0 radical (unpaired) electrons. The monoisotopic (exact) mass is 1120 g/mol. The van der Waals surface area contributed by atoms with E-state index >= 15 is 0 Å². The van der Waals surface area contributed by atoms with Gasteiger partial charge in [-0.1, -0.05) is 24.3 Å². The van der Waals surface area contributed by atoms with Crippen LogP contribution < -0.4 is 157 Å². The second-order valence-electron chi connectivity index (χ2n) is 11.5. The topological polar surface area (TPSA) is 209 Å². The summed E-state index contributed by atoms with van der Waals surface area (Å²) in [5.74, 6) is 1.08. The summed E-state index contributed by atoms with van der Waals surface area (Å²) in [5.41, 5.74) is 5.54. The Bertz CT molecular complexity index is 2460. The summed E-state index contributed by atoms with van der Waals surface area (Å²) in [6.45, 7) is 9.71. The third-order valence-electron chi connectivity index (χ3n) is 6.63. The van der Waals surface area contributed by atoms with Gasteiger partial charge in [0.1, 0.15) is 35.6 Å². The third-order valence-corrected chi connectivity index (χ3v) is 6.93. The molecule has 0 heterocycles. The first-order valence-corrected chi connectivity index (χ1v) is 18.2. The molecule has 14 nitrogen and oxygen atoms in total. The van der Waals surface area contributed by atoms with Crippen molar-refractivity contribution in [2.24, 2.45) is 0 Å². The van der Waals surface area contributed by atoms with Gasteiger partial charge in [-0.25, -0.2) is 0 Å². The molecule has 0 saturated heterocycles. The van der Waals surface area contributed by atoms with Crippen LogP contribution in [0.15, 0.2) is 84.9 Å². The van der Waals surface area contributed by atoms with Crippen molar-refractivity contribution in [3.63, 3.8) is 0 Å². The largest absolute Gasteiger partial charge is 1.00 e. The van der Waals surface area contributed by atoms with E-state index in [1.54, 1.807) is 94.4 Å². The van der Waals surface area contributed by atoms with Crippen LogP contribution in [0.2, 0.25) is 0 Å². The molecule has 0 aliphatic rings. The van der Waals surface area contributed by atoms with E-state index in [2.05, 4.69) is 9.07 Å². The zero-order chi connectivity index (χ0) is 55.6. The predicted octanol–water partition coefficient (Wildman–Crippen LogP) is 0.688. The SMILES string of the molecule is Cc1cc(C=O)ccc1O.O=CO[O-].[2H]C([2H])([2H])OS(C)(=O)=O.[2H]C([2H])([2H])Oc1ccc(/C=C/C(C)=O)cc1C.[2H]C([2H])([2H])Oc1ccc(/C=C\C(C)=O)cc1C.[2H]C([2H])([2H])Oc1ccc(C=O)cc1C.[Cs+].[Cs+].[H-]. The molecule has 0 saturated carbocycles. The van der Waals surface area contributed by atoms with Crippen molar-refractivity contribution in [2.45, 2.75) is 41.5 Å². The Morgan fingerprint density at radius 3 is 1.20 bits per heavy atom. The number of phenols is 1. The molecule has 0 fully saturated rings. The second-order valence-corrected chi connectivity index (χ2v) is 13.1. The number of phenolic OH excluding ortho intramolecular Hbond substituents is 1. The van der Waals surface area contributed by atoms with E-state index in [9.17, 15) is 27.6 Å². The molecule has 0 amide bonds. The summed E-state index contributed by atoms with van der Waals surface area (Å²) < 4.78 is 120. The van der Waals surface area contributed by atoms with E-state index < -0.39 is 38.3 Å². The van der Waals surface area contributed by atoms with Crippen LogP contribution in [0, 0.1) is 27.7 Å². The number of aldehydes is 2. The van der Waals surface area contributed by atoms with Crippen LogP contribution in [0.3, 0.4) is 0 Å². The maximum Gasteiger partial charge on any atom is 1.00 e. The van der Waals surface area contributed by atoms with Gasteiger partial charge in [-0.3, -0.25) is 28.2 Å². The Morgan fingerprint density at radius 2 is 0.951 bits per heavy atom. The van der Waals surface area contributed by atoms with E-state index in [1.807, 2.05) is 0 Å². The molecule has 61 heavy (non-hydrogen) atoms. The molecular formula is C44H54Cs2O14S. The van der Waals surface area contributed by atoms with E-state index in [0.29, 0.717) is 51.9 Å². The molecule has 0 spiro atoms. The van der Waals surface area contributed by atoms with Crippen LogP contribution in [0.4, 0.5) is 0 Å². The number of carbonyl (C=O) groups excluding carboxylic acids is 5. The average Bonchev–Trinajstić information content (AvgIpc) is 3.21. The zero-order valence-corrected chi connectivity index (χ0v) is 48.5. The number of benzene rings is 4. The number of allylic oxidation sites excluding steroid dienone is 2. The maximum atomic E-state index is 10.8. The van der Waals surface area contributed by atoms with Crippen LogP contribution in [0.1, 0.15) is 85.8 Å². The van der Waals surface area contributed by atoms with Gasteiger partial charge < -0.3 is 30.9 Å². The molecule has 0 atom stereocenters. The number of rotatable bonds is 11. The maximum absolute atomic E-state index is 10.8. The molecule has 0 aromatic heterocycles. The molecule has 1 N–H and O–H groups in total. The molecule has 0 aliphatic heterocycles. The van der Waals surface area contributed by atoms with Gasteiger partial charge in [0.05, 0.1) is 50.9 Å². The van der Waals surface area contributed by atoms with Crippen LogP contribution in [-0.2, 0) is 33.6 Å². The van der Waals surface area contributed by atoms with Crippen molar-refractivity contribution in [3.8, 4) is 23.0 Å². The number of ether oxygens (including phenoxy) is 3. The van der Waals surface area contributed by atoms with Gasteiger partial charge in [-0.15, -0.1) is 0 Å². The Labute approximate surface area is 495 Å². The average molecular weight is 1120 g/mol. The van der Waals surface area contributed by atoms with Gasteiger partial charge in [-0.2, -0.15) is 8.42 Å². The molecular weight excluding hydrogens is 1050 g/mol. The standard InChI is InChI=1S/2C12H14O2.C9H10O2.C8H8O2.C2H6O3S.CH2O3.2Cs.H/c2*1-9-8-11(5-4-10(2)13)6-7-12(9)14-3;1-7-5-8(6-10)3-4-9(7)11-2;1-6-4-7(5-9)2-3-8(6)10;1-5-6(2,3)4;2-1-4-3;;;/h2*4-8H,1-3H3;3-6H,1-2H3;2-5,10H,1H3;1-2H3;1,3H;;;/q;;;;;;2*+1;-1/p-1/b5-4+;5-4-;;;;;;;/i2*3D3;2D3;;1D3;;;;. The van der Waals surface area contributed by atoms with E-state index in [4.69, 9.17) is 45.8 Å². The Balaban J connectivity index is -0.000000265. The minimum atomic E-state index is -3.84. The number of aryl methyl sites for hydroxylation is 4. The fraction of sp³-hybridized carbons (Fsp3) is 0.250. The van der Waals surface area contributed by atoms with E-state index in [-0.39, 0.29) is 169 Å². The molecule has 0 bridgehead atoms. The summed E-state index contributed by atoms with van der Waals surface area (Å²) in [5, 5.41) is 17.5. The molecule has 0 aliphatic carbocycles. The first-order chi connectivity index (χ1) is 32.3. The fourth-order valence-corrected chi connectivity index (χ4v) is 3.82. The van der Waals surface area contributed by atoms with Crippen molar-refractivity contribution in [1.29, 1.82) is 0 Å². The summed E-state index contributed by atoms with van der Waals surface area (Å²) in [6, 6.07) is 19.4. The van der Waals surface area contributed by atoms with Gasteiger partial charge in [0.15, 0.2) is 11.6 Å². The van der Waals surface area contributed by atoms with Gasteiger partial charge in [-0.05, 0) is 148 Å². The number of hydrogen-bond acceptors (Lipinski definition) is 14. The second kappa shape index (κ2) is 38.2. The molecule has 17 heteroatoms. The summed E-state index contributed by atoms with van der Waals surface area (Å²) >= 11 is 0. The Kier molecular flexibility index (Phi) is 27.5. The van der Waals surface area contributed by atoms with Crippen molar-refractivity contribution in [3.05, 3.63) is 129 Å². The summed E-state index contributed by atoms with van der Waals surface area (Å²) in [4.78, 5) is 53.4. The summed E-state index contributed by atoms with van der Waals surface area (Å²) in [6.07, 6.45) is 8.40. The van der Waals surface area contributed by atoms with Crippen LogP contribution in [-0.4, -0.2) is 78.5 Å². The minimum absolute atomic E-state index is 0. The van der Waals surface area contributed by atoms with Crippen LogP contribution >= 0.6 is 0 Å². The molecule has 4 aromatic rings. The first kappa shape index (κ1) is 43.9. The Morgan fingerprint density at radius 1 is 0.623 bits per heavy atom. The number of carbonyl (C=O) groups is 5. The number of hydrogen-bond donors (Lipinski definition) is 1. The summed E-state index contributed by atoms with van der Waals surface area (Å²) in [7, 11) is -14.0. The molecule has 322 valence electrons. The fourth-order valence-electron chi connectivity index (χ4n) is 3.82. The van der Waals surface area contributed by atoms with Crippen LogP contribution in [0.25, 0.3) is 12.2 Å². The van der Waals surface area contributed by atoms with Crippen molar-refractivity contribution in [1.82, 2.24) is 0 Å². The normalized spacial score (nSPS) is 13.2. The van der Waals surface area contributed by atoms with Crippen molar-refractivity contribution in [2.75, 3.05) is 34.4 Å². The van der Waals surface area contributed by atoms with Gasteiger partial charge in [0.2, 0.25) is 0 Å². The quantitative estimate of drug-likeness (QED) is 0.0722. The Hall–Kier alpha value is -2.32. The number of ketones is 2. The van der Waals surface area contributed by atoms with E-state index in [1.165, 1.54) is 44.2 Å². The van der Waals surface area contributed by atoms with Gasteiger partial charge >= 0.3 is 138 Å².